The summed E-state index contributed by atoms with van der Waals surface area (Å²) >= 11 is 8.54. The van der Waals surface area contributed by atoms with E-state index in [4.69, 9.17) is 21.1 Å². The molecule has 0 aromatic heterocycles. The monoisotopic (exact) mass is 340 g/mol. The Hall–Kier alpha value is -0.290. The van der Waals surface area contributed by atoms with Crippen LogP contribution in [-0.4, -0.2) is 35.4 Å². The molecule has 0 aliphatic heterocycles. The molecule has 1 aliphatic carbocycles. The van der Waals surface area contributed by atoms with Crippen LogP contribution in [0.3, 0.4) is 0 Å². The second-order valence-corrected chi connectivity index (χ2v) is 5.27. The number of alkyl halides is 2. The smallest absolute Gasteiger partial charge is 0.321 e. The minimum Gasteiger partial charge on any atom is -0.462 e. The molecule has 1 fully saturated rings. The van der Waals surface area contributed by atoms with Gasteiger partial charge < -0.3 is 9.47 Å². The molecule has 1 atom stereocenters. The first kappa shape index (κ1) is 15.8. The third-order valence-electron chi connectivity index (χ3n) is 2.82. The Labute approximate surface area is 120 Å². The van der Waals surface area contributed by atoms with E-state index in [1.54, 1.807) is 0 Å². The van der Waals surface area contributed by atoms with Crippen molar-refractivity contribution in [3.8, 4) is 0 Å². The largest absolute Gasteiger partial charge is 0.462 e. The van der Waals surface area contributed by atoms with Crippen LogP contribution in [0.2, 0.25) is 0 Å². The van der Waals surface area contributed by atoms with Gasteiger partial charge in [-0.05, 0) is 25.7 Å². The maximum absolute atomic E-state index is 11.7. The number of esters is 2. The number of hydrogen-bond donors (Lipinski definition) is 0. The second kappa shape index (κ2) is 8.75. The SMILES string of the molecule is O=C(CC(CBr)OC(=O)CCl)OC1CCCCC1. The molecule has 4 nitrogen and oxygen atoms in total. The highest BCUT2D eigenvalue weighted by Gasteiger charge is 2.22. The van der Waals surface area contributed by atoms with Crippen molar-refractivity contribution in [2.45, 2.75) is 50.7 Å². The number of ether oxygens (including phenoxy) is 2. The zero-order valence-electron chi connectivity index (χ0n) is 10.2. The maximum Gasteiger partial charge on any atom is 0.321 e. The van der Waals surface area contributed by atoms with Gasteiger partial charge in [0, 0.05) is 5.33 Å². The highest BCUT2D eigenvalue weighted by molar-refractivity contribution is 9.09. The molecule has 18 heavy (non-hydrogen) atoms. The van der Waals surface area contributed by atoms with Gasteiger partial charge in [0.25, 0.3) is 0 Å². The molecule has 0 bridgehead atoms. The van der Waals surface area contributed by atoms with Gasteiger partial charge in [-0.1, -0.05) is 22.4 Å². The Morgan fingerprint density at radius 3 is 2.44 bits per heavy atom. The second-order valence-electron chi connectivity index (χ2n) is 4.35. The molecule has 0 heterocycles. The first-order valence-electron chi connectivity index (χ1n) is 6.16. The summed E-state index contributed by atoms with van der Waals surface area (Å²) in [5.74, 6) is -1.04. The minimum absolute atomic E-state index is 0.0333. The van der Waals surface area contributed by atoms with E-state index in [0.717, 1.165) is 25.7 Å². The fourth-order valence-corrected chi connectivity index (χ4v) is 2.37. The van der Waals surface area contributed by atoms with Crippen LogP contribution < -0.4 is 0 Å². The summed E-state index contributed by atoms with van der Waals surface area (Å²) in [6, 6.07) is 0. The molecule has 104 valence electrons. The van der Waals surface area contributed by atoms with E-state index >= 15 is 0 Å². The van der Waals surface area contributed by atoms with E-state index < -0.39 is 12.1 Å². The average molecular weight is 342 g/mol. The number of hydrogen-bond acceptors (Lipinski definition) is 4. The van der Waals surface area contributed by atoms with Crippen LogP contribution in [0.1, 0.15) is 38.5 Å². The van der Waals surface area contributed by atoms with Crippen molar-refractivity contribution in [3.05, 3.63) is 0 Å². The molecular formula is C12H18BrClO4. The number of carbonyl (C=O) groups excluding carboxylic acids is 2. The first-order chi connectivity index (χ1) is 8.65. The zero-order chi connectivity index (χ0) is 13.4. The number of halogens is 2. The van der Waals surface area contributed by atoms with Gasteiger partial charge >= 0.3 is 11.9 Å². The molecule has 0 aromatic rings. The van der Waals surface area contributed by atoms with Crippen molar-refractivity contribution >= 4 is 39.5 Å². The Morgan fingerprint density at radius 1 is 1.22 bits per heavy atom. The number of carbonyl (C=O) groups is 2. The van der Waals surface area contributed by atoms with Gasteiger partial charge in [0.2, 0.25) is 0 Å². The molecule has 0 radical (unpaired) electrons. The Balaban J connectivity index is 2.29. The summed E-state index contributed by atoms with van der Waals surface area (Å²) in [4.78, 5) is 22.7. The van der Waals surface area contributed by atoms with Gasteiger partial charge in [-0.2, -0.15) is 0 Å². The summed E-state index contributed by atoms with van der Waals surface area (Å²) in [7, 11) is 0. The zero-order valence-corrected chi connectivity index (χ0v) is 12.5. The molecule has 0 saturated heterocycles. The molecule has 1 saturated carbocycles. The lowest BCUT2D eigenvalue weighted by Gasteiger charge is -2.22. The van der Waals surface area contributed by atoms with Crippen LogP contribution in [0.4, 0.5) is 0 Å². The van der Waals surface area contributed by atoms with Crippen molar-refractivity contribution < 1.29 is 19.1 Å². The molecule has 0 aromatic carbocycles. The minimum atomic E-state index is -0.522. The molecule has 0 amide bonds. The van der Waals surface area contributed by atoms with Crippen LogP contribution in [-0.2, 0) is 19.1 Å². The van der Waals surface area contributed by atoms with E-state index in [1.165, 1.54) is 6.42 Å². The fraction of sp³-hybridized carbons (Fsp3) is 0.833. The van der Waals surface area contributed by atoms with Gasteiger partial charge in [0.1, 0.15) is 18.1 Å². The van der Waals surface area contributed by atoms with Gasteiger partial charge in [0.15, 0.2) is 0 Å². The molecule has 0 N–H and O–H groups in total. The van der Waals surface area contributed by atoms with Crippen LogP contribution in [0.5, 0.6) is 0 Å². The lowest BCUT2D eigenvalue weighted by molar-refractivity contribution is -0.156. The third-order valence-corrected chi connectivity index (χ3v) is 3.76. The Bertz CT molecular complexity index is 279. The maximum atomic E-state index is 11.7. The average Bonchev–Trinajstić information content (AvgIpc) is 2.38. The Morgan fingerprint density at radius 2 is 1.89 bits per heavy atom. The van der Waals surface area contributed by atoms with Gasteiger partial charge in [-0.15, -0.1) is 11.6 Å². The van der Waals surface area contributed by atoms with E-state index in [-0.39, 0.29) is 24.4 Å². The molecule has 1 rings (SSSR count). The van der Waals surface area contributed by atoms with E-state index in [9.17, 15) is 9.59 Å². The van der Waals surface area contributed by atoms with Crippen molar-refractivity contribution in [1.29, 1.82) is 0 Å². The quantitative estimate of drug-likeness (QED) is 0.550. The van der Waals surface area contributed by atoms with E-state index in [0.29, 0.717) is 5.33 Å². The van der Waals surface area contributed by atoms with Crippen molar-refractivity contribution in [2.75, 3.05) is 11.2 Å². The molecular weight excluding hydrogens is 323 g/mol. The topological polar surface area (TPSA) is 52.6 Å². The van der Waals surface area contributed by atoms with Gasteiger partial charge in [-0.25, -0.2) is 0 Å². The number of rotatable bonds is 6. The highest BCUT2D eigenvalue weighted by Crippen LogP contribution is 2.21. The van der Waals surface area contributed by atoms with E-state index in [2.05, 4.69) is 15.9 Å². The molecule has 1 aliphatic rings. The normalized spacial score (nSPS) is 18.1. The summed E-state index contributed by atoms with van der Waals surface area (Å²) in [5.41, 5.74) is 0. The van der Waals surface area contributed by atoms with Gasteiger partial charge in [0.05, 0.1) is 6.42 Å². The van der Waals surface area contributed by atoms with Crippen molar-refractivity contribution in [3.63, 3.8) is 0 Å². The third kappa shape index (κ3) is 6.05. The predicted molar refractivity (Wildman–Crippen MR) is 72.0 cm³/mol. The van der Waals surface area contributed by atoms with Gasteiger partial charge in [-0.3, -0.25) is 9.59 Å². The van der Waals surface area contributed by atoms with Crippen LogP contribution >= 0.6 is 27.5 Å². The molecule has 0 spiro atoms. The standard InChI is InChI=1S/C12H18BrClO4/c13-7-10(18-12(16)8-14)6-11(15)17-9-4-2-1-3-5-9/h9-10H,1-8H2. The van der Waals surface area contributed by atoms with Crippen molar-refractivity contribution in [2.24, 2.45) is 0 Å². The summed E-state index contributed by atoms with van der Waals surface area (Å²) in [6.07, 6.45) is 4.91. The molecule has 1 unspecified atom stereocenters. The van der Waals surface area contributed by atoms with Crippen LogP contribution in [0.25, 0.3) is 0 Å². The predicted octanol–water partition coefficient (Wildman–Crippen LogP) is 2.80. The summed E-state index contributed by atoms with van der Waals surface area (Å²) in [6.45, 7) is 0. The molecule has 6 heteroatoms. The summed E-state index contributed by atoms with van der Waals surface area (Å²) < 4.78 is 10.3. The van der Waals surface area contributed by atoms with Crippen LogP contribution in [0.15, 0.2) is 0 Å². The lowest BCUT2D eigenvalue weighted by Crippen LogP contribution is -2.27. The Kier molecular flexibility index (Phi) is 7.66. The lowest BCUT2D eigenvalue weighted by atomic mass is 9.98. The summed E-state index contributed by atoms with van der Waals surface area (Å²) in [5, 5.41) is 0.398. The highest BCUT2D eigenvalue weighted by atomic mass is 79.9. The van der Waals surface area contributed by atoms with E-state index in [1.807, 2.05) is 0 Å². The fourth-order valence-electron chi connectivity index (χ4n) is 1.95. The van der Waals surface area contributed by atoms with Crippen LogP contribution in [0, 0.1) is 0 Å². The van der Waals surface area contributed by atoms with Crippen molar-refractivity contribution in [1.82, 2.24) is 0 Å². The first-order valence-corrected chi connectivity index (χ1v) is 7.82.